The molecule has 0 aromatic heterocycles. The molecule has 2 amide bonds. The number of nitrogens with one attached hydrogen (secondary N) is 2. The zero-order chi connectivity index (χ0) is 15.2. The number of thioether (sulfide) groups is 1. The van der Waals surface area contributed by atoms with E-state index >= 15 is 0 Å². The molecule has 8 heteroatoms. The molecule has 21 heavy (non-hydrogen) atoms. The van der Waals surface area contributed by atoms with Crippen LogP contribution in [0.3, 0.4) is 0 Å². The molecule has 0 spiro atoms. The molecule has 0 aromatic carbocycles. The fourth-order valence-electron chi connectivity index (χ4n) is 2.19. The number of thiocarbonyl (C=S) groups is 1. The molecule has 116 valence electrons. The van der Waals surface area contributed by atoms with E-state index in [4.69, 9.17) is 17.0 Å². The molecule has 2 N–H and O–H groups in total. The van der Waals surface area contributed by atoms with Crippen LogP contribution in [0, 0.1) is 0 Å². The average molecular weight is 329 g/mol. The quantitative estimate of drug-likeness (QED) is 0.597. The summed E-state index contributed by atoms with van der Waals surface area (Å²) in [5.41, 5.74) is 1.05. The summed E-state index contributed by atoms with van der Waals surface area (Å²) in [6.07, 6.45) is 2.33. The van der Waals surface area contributed by atoms with E-state index < -0.39 is 5.97 Å². The zero-order valence-corrected chi connectivity index (χ0v) is 13.6. The average Bonchev–Trinajstić information content (AvgIpc) is 2.99. The van der Waals surface area contributed by atoms with Gasteiger partial charge in [0.25, 0.3) is 0 Å². The van der Waals surface area contributed by atoms with Crippen LogP contribution in [0.4, 0.5) is 4.79 Å². The predicted octanol–water partition coefficient (Wildman–Crippen LogP) is 1.23. The van der Waals surface area contributed by atoms with E-state index in [0.29, 0.717) is 23.6 Å². The second-order valence-corrected chi connectivity index (χ2v) is 6.34. The molecule has 0 radical (unpaired) electrons. The maximum Gasteiger partial charge on any atom is 0.337 e. The van der Waals surface area contributed by atoms with Crippen molar-refractivity contribution in [3.63, 3.8) is 0 Å². The van der Waals surface area contributed by atoms with Crippen LogP contribution in [0.25, 0.3) is 0 Å². The number of esters is 1. The minimum atomic E-state index is -0.396. The number of hydrogen-bond donors (Lipinski definition) is 2. The topological polar surface area (TPSA) is 70.7 Å². The van der Waals surface area contributed by atoms with Crippen molar-refractivity contribution >= 4 is 40.3 Å². The van der Waals surface area contributed by atoms with E-state index in [-0.39, 0.29) is 12.6 Å². The number of nitrogens with zero attached hydrogens (tertiary/aromatic N) is 1. The summed E-state index contributed by atoms with van der Waals surface area (Å²) in [5.74, 6) is 0.0735. The summed E-state index contributed by atoms with van der Waals surface area (Å²) in [6.45, 7) is 4.23. The lowest BCUT2D eigenvalue weighted by Crippen LogP contribution is -2.44. The smallest absolute Gasteiger partial charge is 0.337 e. The molecule has 2 aliphatic heterocycles. The first-order valence-electron chi connectivity index (χ1n) is 6.97. The minimum absolute atomic E-state index is 0.192. The van der Waals surface area contributed by atoms with Gasteiger partial charge in [-0.25, -0.2) is 9.59 Å². The molecule has 2 heterocycles. The molecule has 0 aliphatic carbocycles. The van der Waals surface area contributed by atoms with E-state index in [2.05, 4.69) is 15.5 Å². The fraction of sp³-hybridized carbons (Fsp3) is 0.615. The second kappa shape index (κ2) is 7.65. The van der Waals surface area contributed by atoms with Crippen LogP contribution < -0.4 is 10.6 Å². The van der Waals surface area contributed by atoms with E-state index in [1.807, 2.05) is 0 Å². The van der Waals surface area contributed by atoms with Crippen LogP contribution in [-0.4, -0.2) is 53.2 Å². The Bertz CT molecular complexity index is 473. The van der Waals surface area contributed by atoms with E-state index in [9.17, 15) is 9.59 Å². The third-order valence-electron chi connectivity index (χ3n) is 3.28. The third-order valence-corrected chi connectivity index (χ3v) is 4.83. The van der Waals surface area contributed by atoms with Crippen LogP contribution in [-0.2, 0) is 9.53 Å². The van der Waals surface area contributed by atoms with Crippen molar-refractivity contribution in [2.45, 2.75) is 19.8 Å². The third kappa shape index (κ3) is 4.34. The highest BCUT2D eigenvalue weighted by atomic mass is 32.2. The monoisotopic (exact) mass is 329 g/mol. The Balaban J connectivity index is 1.99. The summed E-state index contributed by atoms with van der Waals surface area (Å²) in [5, 5.41) is 5.26. The maximum atomic E-state index is 11.9. The highest BCUT2D eigenvalue weighted by Crippen LogP contribution is 2.20. The van der Waals surface area contributed by atoms with Crippen molar-refractivity contribution in [1.82, 2.24) is 15.5 Å². The number of carbonyl (C=O) groups excluding carboxylic acids is 2. The number of hydrogen-bond acceptors (Lipinski definition) is 5. The summed E-state index contributed by atoms with van der Waals surface area (Å²) in [6, 6.07) is -0.300. The van der Waals surface area contributed by atoms with Gasteiger partial charge >= 0.3 is 12.0 Å². The van der Waals surface area contributed by atoms with Crippen molar-refractivity contribution in [2.75, 3.05) is 32.0 Å². The number of amides is 2. The zero-order valence-electron chi connectivity index (χ0n) is 11.9. The first-order chi connectivity index (χ1) is 10.1. The van der Waals surface area contributed by atoms with Gasteiger partial charge in [-0.3, -0.25) is 0 Å². The van der Waals surface area contributed by atoms with Crippen molar-refractivity contribution in [2.24, 2.45) is 0 Å². The number of likely N-dealkylation sites (tertiary alicyclic amines) is 1. The summed E-state index contributed by atoms with van der Waals surface area (Å²) in [7, 11) is 0. The molecule has 1 fully saturated rings. The van der Waals surface area contributed by atoms with E-state index in [1.54, 1.807) is 6.92 Å². The van der Waals surface area contributed by atoms with Gasteiger partial charge in [0.15, 0.2) is 0 Å². The van der Waals surface area contributed by atoms with Crippen LogP contribution in [0.2, 0.25) is 0 Å². The lowest BCUT2D eigenvalue weighted by molar-refractivity contribution is -0.138. The number of rotatable bonds is 4. The Morgan fingerprint density at radius 3 is 2.81 bits per heavy atom. The standard InChI is InChI=1S/C13H19N3O3S2/c1-2-19-11(17)9-7-14-12(18)15-10(9)8-21-13(20)16-5-3-4-6-16/h2-8H2,1H3,(H2,14,15,18). The Labute approximate surface area is 133 Å². The Morgan fingerprint density at radius 1 is 1.43 bits per heavy atom. The van der Waals surface area contributed by atoms with Gasteiger partial charge < -0.3 is 20.3 Å². The van der Waals surface area contributed by atoms with Crippen molar-refractivity contribution < 1.29 is 14.3 Å². The number of carbonyl (C=O) groups is 2. The molecule has 1 saturated heterocycles. The highest BCUT2D eigenvalue weighted by Gasteiger charge is 2.24. The van der Waals surface area contributed by atoms with Crippen molar-refractivity contribution in [3.05, 3.63) is 11.3 Å². The molecule has 0 saturated carbocycles. The normalized spacial score (nSPS) is 18.3. The van der Waals surface area contributed by atoms with E-state index in [1.165, 1.54) is 11.8 Å². The lowest BCUT2D eigenvalue weighted by Gasteiger charge is -2.23. The van der Waals surface area contributed by atoms with Gasteiger partial charge in [-0.15, -0.1) is 0 Å². The summed E-state index contributed by atoms with van der Waals surface area (Å²) < 4.78 is 5.83. The first kappa shape index (κ1) is 16.1. The second-order valence-electron chi connectivity index (χ2n) is 4.73. The number of ether oxygens (including phenoxy) is 1. The van der Waals surface area contributed by atoms with Gasteiger partial charge in [0.2, 0.25) is 0 Å². The number of urea groups is 1. The van der Waals surface area contributed by atoms with Crippen LogP contribution >= 0.6 is 24.0 Å². The lowest BCUT2D eigenvalue weighted by atomic mass is 10.2. The van der Waals surface area contributed by atoms with E-state index in [0.717, 1.165) is 30.3 Å². The Hall–Kier alpha value is -1.28. The SMILES string of the molecule is CCOC(=O)C1=C(CSC(=S)N2CCCC2)NC(=O)NC1. The van der Waals surface area contributed by atoms with Gasteiger partial charge in [-0.05, 0) is 19.8 Å². The molecule has 2 rings (SSSR count). The molecular weight excluding hydrogens is 310 g/mol. The molecular formula is C13H19N3O3S2. The molecule has 0 aromatic rings. The van der Waals surface area contributed by atoms with Gasteiger partial charge in [-0.2, -0.15) is 0 Å². The molecule has 0 atom stereocenters. The minimum Gasteiger partial charge on any atom is -0.463 e. The molecule has 2 aliphatic rings. The molecule has 0 unspecified atom stereocenters. The summed E-state index contributed by atoms with van der Waals surface area (Å²) >= 11 is 6.86. The first-order valence-corrected chi connectivity index (χ1v) is 8.37. The molecule has 0 bridgehead atoms. The van der Waals surface area contributed by atoms with Crippen LogP contribution in [0.15, 0.2) is 11.3 Å². The molecule has 6 nitrogen and oxygen atoms in total. The summed E-state index contributed by atoms with van der Waals surface area (Å²) in [4.78, 5) is 25.5. The Morgan fingerprint density at radius 2 is 2.14 bits per heavy atom. The van der Waals surface area contributed by atoms with Gasteiger partial charge in [0.05, 0.1) is 18.7 Å². The fourth-order valence-corrected chi connectivity index (χ4v) is 3.43. The maximum absolute atomic E-state index is 11.9. The Kier molecular flexibility index (Phi) is 5.86. The van der Waals surface area contributed by atoms with Gasteiger partial charge in [0, 0.05) is 24.5 Å². The largest absolute Gasteiger partial charge is 0.463 e. The van der Waals surface area contributed by atoms with Crippen LogP contribution in [0.5, 0.6) is 0 Å². The van der Waals surface area contributed by atoms with Crippen molar-refractivity contribution in [3.8, 4) is 0 Å². The van der Waals surface area contributed by atoms with Crippen molar-refractivity contribution in [1.29, 1.82) is 0 Å². The van der Waals surface area contributed by atoms with Crippen LogP contribution in [0.1, 0.15) is 19.8 Å². The van der Waals surface area contributed by atoms with Gasteiger partial charge in [-0.1, -0.05) is 24.0 Å². The highest BCUT2D eigenvalue weighted by molar-refractivity contribution is 8.23. The van der Waals surface area contributed by atoms with Gasteiger partial charge in [0.1, 0.15) is 4.32 Å². The predicted molar refractivity (Wildman–Crippen MR) is 86.1 cm³/mol.